The Balaban J connectivity index is 1.99. The van der Waals surface area contributed by atoms with Gasteiger partial charge in [-0.15, -0.1) is 0 Å². The first kappa shape index (κ1) is 15.0. The van der Waals surface area contributed by atoms with E-state index in [4.69, 9.17) is 0 Å². The van der Waals surface area contributed by atoms with Crippen LogP contribution in [0, 0.1) is 18.8 Å². The summed E-state index contributed by atoms with van der Waals surface area (Å²) < 4.78 is 1.93. The molecule has 2 aromatic heterocycles. The highest BCUT2D eigenvalue weighted by atomic mass is 16.4. The molecule has 3 heterocycles. The molecule has 1 aliphatic rings. The van der Waals surface area contributed by atoms with Crippen LogP contribution >= 0.6 is 0 Å². The average molecular weight is 301 g/mol. The number of likely N-dealkylation sites (tertiary alicyclic amines) is 1. The second-order valence-corrected chi connectivity index (χ2v) is 6.79. The Bertz CT molecular complexity index is 697. The number of nitrogens with zero attached hydrogens (tertiary/aromatic N) is 3. The minimum absolute atomic E-state index is 0.177. The minimum Gasteiger partial charge on any atom is -0.476 e. The molecule has 0 amide bonds. The molecular formula is C17H23N3O2. The number of hydrogen-bond acceptors (Lipinski definition) is 3. The fraction of sp³-hybridized carbons (Fsp3) is 0.529. The molecule has 1 fully saturated rings. The lowest BCUT2D eigenvalue weighted by Crippen LogP contribution is -2.38. The zero-order valence-corrected chi connectivity index (χ0v) is 13.4. The van der Waals surface area contributed by atoms with Crippen molar-refractivity contribution in [1.29, 1.82) is 0 Å². The molecule has 3 rings (SSSR count). The van der Waals surface area contributed by atoms with Crippen LogP contribution in [-0.4, -0.2) is 38.4 Å². The van der Waals surface area contributed by atoms with Gasteiger partial charge in [0, 0.05) is 25.8 Å². The van der Waals surface area contributed by atoms with Crippen LogP contribution in [0.5, 0.6) is 0 Å². The van der Waals surface area contributed by atoms with E-state index in [1.165, 1.54) is 6.42 Å². The molecule has 1 aliphatic heterocycles. The zero-order chi connectivity index (χ0) is 15.9. The van der Waals surface area contributed by atoms with Gasteiger partial charge in [-0.3, -0.25) is 4.90 Å². The number of carboxylic acids is 1. The topological polar surface area (TPSA) is 57.8 Å². The summed E-state index contributed by atoms with van der Waals surface area (Å²) in [6, 6.07) is 3.84. The molecule has 1 saturated heterocycles. The molecule has 1 N–H and O–H groups in total. The number of piperidine rings is 1. The standard InChI is InChI=1S/C17H23N3O2/c1-11-4-5-15-18-16(17(21)22)14(20(15)9-11)10-19-7-12(2)6-13(3)8-19/h4-5,9,12-13H,6-8,10H2,1-3H3,(H,21,22). The van der Waals surface area contributed by atoms with Crippen LogP contribution in [0.3, 0.4) is 0 Å². The number of fused-ring (bicyclic) bond motifs is 1. The van der Waals surface area contributed by atoms with Crippen LogP contribution in [0.4, 0.5) is 0 Å². The summed E-state index contributed by atoms with van der Waals surface area (Å²) in [7, 11) is 0. The molecule has 5 nitrogen and oxygen atoms in total. The number of hydrogen-bond donors (Lipinski definition) is 1. The van der Waals surface area contributed by atoms with Gasteiger partial charge in [-0.2, -0.15) is 0 Å². The maximum absolute atomic E-state index is 11.6. The monoisotopic (exact) mass is 301 g/mol. The van der Waals surface area contributed by atoms with Crippen molar-refractivity contribution in [3.63, 3.8) is 0 Å². The molecule has 2 unspecified atom stereocenters. The zero-order valence-electron chi connectivity index (χ0n) is 13.4. The summed E-state index contributed by atoms with van der Waals surface area (Å²) in [5.41, 5.74) is 2.77. The quantitative estimate of drug-likeness (QED) is 0.947. The Kier molecular flexibility index (Phi) is 3.91. The van der Waals surface area contributed by atoms with E-state index in [1.54, 1.807) is 0 Å². The van der Waals surface area contributed by atoms with E-state index in [0.29, 0.717) is 24.0 Å². The van der Waals surface area contributed by atoms with Crippen molar-refractivity contribution in [2.45, 2.75) is 33.7 Å². The van der Waals surface area contributed by atoms with Crippen LogP contribution in [-0.2, 0) is 6.54 Å². The van der Waals surface area contributed by atoms with Gasteiger partial charge in [0.15, 0.2) is 5.69 Å². The van der Waals surface area contributed by atoms with Crippen LogP contribution in [0.2, 0.25) is 0 Å². The highest BCUT2D eigenvalue weighted by Gasteiger charge is 2.25. The number of imidazole rings is 1. The van der Waals surface area contributed by atoms with Crippen LogP contribution < -0.4 is 0 Å². The van der Waals surface area contributed by atoms with Gasteiger partial charge >= 0.3 is 5.97 Å². The van der Waals surface area contributed by atoms with Crippen molar-refractivity contribution < 1.29 is 9.90 Å². The van der Waals surface area contributed by atoms with Gasteiger partial charge in [-0.05, 0) is 36.8 Å². The van der Waals surface area contributed by atoms with E-state index in [9.17, 15) is 9.90 Å². The smallest absolute Gasteiger partial charge is 0.356 e. The highest BCUT2D eigenvalue weighted by Crippen LogP contribution is 2.24. The molecule has 118 valence electrons. The fourth-order valence-corrected chi connectivity index (χ4v) is 3.65. The first-order valence-electron chi connectivity index (χ1n) is 7.87. The fourth-order valence-electron chi connectivity index (χ4n) is 3.65. The van der Waals surface area contributed by atoms with Gasteiger partial charge < -0.3 is 9.51 Å². The van der Waals surface area contributed by atoms with E-state index in [-0.39, 0.29) is 5.69 Å². The molecule has 0 spiro atoms. The largest absolute Gasteiger partial charge is 0.476 e. The van der Waals surface area contributed by atoms with Crippen LogP contribution in [0.25, 0.3) is 5.65 Å². The lowest BCUT2D eigenvalue weighted by molar-refractivity contribution is 0.0686. The highest BCUT2D eigenvalue weighted by molar-refractivity contribution is 5.88. The molecule has 5 heteroatoms. The number of rotatable bonds is 3. The van der Waals surface area contributed by atoms with Gasteiger partial charge in [0.05, 0.1) is 5.69 Å². The molecule has 0 aliphatic carbocycles. The van der Waals surface area contributed by atoms with E-state index in [1.807, 2.05) is 29.7 Å². The summed E-state index contributed by atoms with van der Waals surface area (Å²) in [5, 5.41) is 9.48. The molecule has 2 atom stereocenters. The van der Waals surface area contributed by atoms with Gasteiger partial charge in [0.2, 0.25) is 0 Å². The third-order valence-corrected chi connectivity index (χ3v) is 4.39. The molecule has 0 aromatic carbocycles. The SMILES string of the molecule is Cc1ccc2nc(C(=O)O)c(CN3CC(C)CC(C)C3)n2c1. The number of aromatic nitrogens is 2. The first-order chi connectivity index (χ1) is 10.4. The summed E-state index contributed by atoms with van der Waals surface area (Å²) >= 11 is 0. The summed E-state index contributed by atoms with van der Waals surface area (Å²) in [6.07, 6.45) is 3.22. The van der Waals surface area contributed by atoms with E-state index in [2.05, 4.69) is 23.7 Å². The van der Waals surface area contributed by atoms with E-state index in [0.717, 1.165) is 24.3 Å². The van der Waals surface area contributed by atoms with Gasteiger partial charge in [-0.25, -0.2) is 9.78 Å². The number of carboxylic acid groups (broad SMARTS) is 1. The Morgan fingerprint density at radius 2 is 2.00 bits per heavy atom. The van der Waals surface area contributed by atoms with Crippen molar-refractivity contribution in [3.8, 4) is 0 Å². The normalized spacial score (nSPS) is 23.0. The van der Waals surface area contributed by atoms with Crippen molar-refractivity contribution in [2.75, 3.05) is 13.1 Å². The van der Waals surface area contributed by atoms with Crippen molar-refractivity contribution in [2.24, 2.45) is 11.8 Å². The van der Waals surface area contributed by atoms with Crippen molar-refractivity contribution in [3.05, 3.63) is 35.3 Å². The average Bonchev–Trinajstić information content (AvgIpc) is 2.76. The summed E-state index contributed by atoms with van der Waals surface area (Å²) in [5.74, 6) is 0.352. The Morgan fingerprint density at radius 3 is 2.64 bits per heavy atom. The lowest BCUT2D eigenvalue weighted by Gasteiger charge is -2.34. The number of aryl methyl sites for hydroxylation is 1. The second kappa shape index (κ2) is 5.72. The Morgan fingerprint density at radius 1 is 1.32 bits per heavy atom. The van der Waals surface area contributed by atoms with Crippen LogP contribution in [0.1, 0.15) is 42.0 Å². The summed E-state index contributed by atoms with van der Waals surface area (Å²) in [6.45, 7) is 9.21. The van der Waals surface area contributed by atoms with Gasteiger partial charge in [-0.1, -0.05) is 19.9 Å². The number of carbonyl (C=O) groups is 1. The molecule has 0 bridgehead atoms. The van der Waals surface area contributed by atoms with Crippen LogP contribution in [0.15, 0.2) is 18.3 Å². The maximum atomic E-state index is 11.6. The molecule has 22 heavy (non-hydrogen) atoms. The Labute approximate surface area is 130 Å². The Hall–Kier alpha value is -1.88. The molecule has 0 radical (unpaired) electrons. The summed E-state index contributed by atoms with van der Waals surface area (Å²) in [4.78, 5) is 18.2. The second-order valence-electron chi connectivity index (χ2n) is 6.79. The predicted octanol–water partition coefficient (Wildman–Crippen LogP) is 2.82. The number of pyridine rings is 1. The molecule has 0 saturated carbocycles. The maximum Gasteiger partial charge on any atom is 0.356 e. The van der Waals surface area contributed by atoms with Gasteiger partial charge in [0.1, 0.15) is 5.65 Å². The third kappa shape index (κ3) is 2.86. The van der Waals surface area contributed by atoms with E-state index >= 15 is 0 Å². The number of aromatic carboxylic acids is 1. The van der Waals surface area contributed by atoms with Gasteiger partial charge in [0.25, 0.3) is 0 Å². The first-order valence-corrected chi connectivity index (χ1v) is 7.87. The van der Waals surface area contributed by atoms with E-state index < -0.39 is 5.97 Å². The molecular weight excluding hydrogens is 278 g/mol. The predicted molar refractivity (Wildman–Crippen MR) is 85.1 cm³/mol. The molecule has 2 aromatic rings. The van der Waals surface area contributed by atoms with Crippen molar-refractivity contribution in [1.82, 2.24) is 14.3 Å². The minimum atomic E-state index is -0.950. The third-order valence-electron chi connectivity index (χ3n) is 4.39. The lowest BCUT2D eigenvalue weighted by atomic mass is 9.92. The van der Waals surface area contributed by atoms with Crippen molar-refractivity contribution >= 4 is 11.6 Å².